The number of carboxylic acids is 1. The van der Waals surface area contributed by atoms with Crippen molar-refractivity contribution in [1.82, 2.24) is 0 Å². The molecule has 0 amide bonds. The van der Waals surface area contributed by atoms with Crippen molar-refractivity contribution >= 4 is 11.7 Å². The van der Waals surface area contributed by atoms with Crippen LogP contribution in [0.2, 0.25) is 0 Å². The van der Waals surface area contributed by atoms with Crippen LogP contribution < -0.4 is 4.90 Å². The van der Waals surface area contributed by atoms with Crippen LogP contribution in [0.5, 0.6) is 0 Å². The van der Waals surface area contributed by atoms with Crippen molar-refractivity contribution in [3.8, 4) is 0 Å². The van der Waals surface area contributed by atoms with Crippen LogP contribution in [0.1, 0.15) is 17.2 Å². The van der Waals surface area contributed by atoms with Crippen molar-refractivity contribution in [3.05, 3.63) is 65.7 Å². The number of carboxylic acid groups (broad SMARTS) is 1. The van der Waals surface area contributed by atoms with Gasteiger partial charge in [-0.15, -0.1) is 0 Å². The van der Waals surface area contributed by atoms with Gasteiger partial charge in [0.2, 0.25) is 0 Å². The quantitative estimate of drug-likeness (QED) is 0.914. The lowest BCUT2D eigenvalue weighted by Crippen LogP contribution is -2.30. The molecule has 2 aromatic carbocycles. The van der Waals surface area contributed by atoms with Crippen molar-refractivity contribution in [2.45, 2.75) is 12.5 Å². The zero-order chi connectivity index (χ0) is 13.2. The van der Waals surface area contributed by atoms with E-state index in [9.17, 15) is 4.79 Å². The summed E-state index contributed by atoms with van der Waals surface area (Å²) >= 11 is 0. The fourth-order valence-electron chi connectivity index (χ4n) is 2.76. The van der Waals surface area contributed by atoms with Gasteiger partial charge in [0.25, 0.3) is 0 Å². The molecule has 19 heavy (non-hydrogen) atoms. The molecule has 0 saturated carbocycles. The van der Waals surface area contributed by atoms with Crippen LogP contribution in [0.15, 0.2) is 54.6 Å². The van der Waals surface area contributed by atoms with Gasteiger partial charge in [0.05, 0.1) is 6.04 Å². The Balaban J connectivity index is 2.00. The first-order chi connectivity index (χ1) is 9.25. The highest BCUT2D eigenvalue weighted by atomic mass is 16.4. The third-order valence-electron chi connectivity index (χ3n) is 3.58. The minimum absolute atomic E-state index is 0.0383. The minimum Gasteiger partial charge on any atom is -0.480 e. The monoisotopic (exact) mass is 253 g/mol. The zero-order valence-corrected chi connectivity index (χ0v) is 10.5. The summed E-state index contributed by atoms with van der Waals surface area (Å²) in [5.74, 6) is -0.794. The number of hydrogen-bond donors (Lipinski definition) is 1. The number of fused-ring (bicyclic) bond motifs is 1. The second kappa shape index (κ2) is 4.76. The molecule has 1 aliphatic heterocycles. The molecule has 2 aromatic rings. The Morgan fingerprint density at radius 3 is 2.53 bits per heavy atom. The van der Waals surface area contributed by atoms with Gasteiger partial charge in [-0.25, -0.2) is 0 Å². The van der Waals surface area contributed by atoms with E-state index in [1.165, 1.54) is 11.1 Å². The van der Waals surface area contributed by atoms with E-state index in [0.717, 1.165) is 12.1 Å². The molecule has 1 heterocycles. The standard InChI is InChI=1S/C16H15NO2/c18-16(19)11-17-14-9-5-4-8-13(14)10-15(17)12-6-2-1-3-7-12/h1-9,15H,10-11H2,(H,18,19)/t15-/m1/s1. The summed E-state index contributed by atoms with van der Waals surface area (Å²) in [6, 6.07) is 18.3. The van der Waals surface area contributed by atoms with E-state index in [0.29, 0.717) is 0 Å². The summed E-state index contributed by atoms with van der Waals surface area (Å²) in [5, 5.41) is 9.12. The van der Waals surface area contributed by atoms with Crippen LogP contribution in [0.4, 0.5) is 5.69 Å². The predicted molar refractivity (Wildman–Crippen MR) is 74.3 cm³/mol. The van der Waals surface area contributed by atoms with E-state index in [-0.39, 0.29) is 12.6 Å². The number of anilines is 1. The first-order valence-electron chi connectivity index (χ1n) is 6.37. The van der Waals surface area contributed by atoms with Crippen molar-refractivity contribution in [2.75, 3.05) is 11.4 Å². The summed E-state index contributed by atoms with van der Waals surface area (Å²) in [6.45, 7) is 0.0383. The van der Waals surface area contributed by atoms with Crippen molar-refractivity contribution in [2.24, 2.45) is 0 Å². The molecular weight excluding hydrogens is 238 g/mol. The maximum Gasteiger partial charge on any atom is 0.323 e. The fraction of sp³-hybridized carbons (Fsp3) is 0.188. The van der Waals surface area contributed by atoms with E-state index < -0.39 is 5.97 Å². The van der Waals surface area contributed by atoms with Crippen LogP contribution in [0, 0.1) is 0 Å². The van der Waals surface area contributed by atoms with Gasteiger partial charge < -0.3 is 10.0 Å². The van der Waals surface area contributed by atoms with E-state index in [2.05, 4.69) is 18.2 Å². The number of aliphatic carboxylic acids is 1. The summed E-state index contributed by atoms with van der Waals surface area (Å²) < 4.78 is 0. The molecule has 3 rings (SSSR count). The number of hydrogen-bond acceptors (Lipinski definition) is 2. The topological polar surface area (TPSA) is 40.5 Å². The third kappa shape index (κ3) is 2.19. The molecular formula is C16H15NO2. The van der Waals surface area contributed by atoms with Gasteiger partial charge in [-0.3, -0.25) is 4.79 Å². The normalized spacial score (nSPS) is 17.3. The minimum atomic E-state index is -0.794. The average molecular weight is 253 g/mol. The highest BCUT2D eigenvalue weighted by Crippen LogP contribution is 2.39. The third-order valence-corrected chi connectivity index (χ3v) is 3.58. The first kappa shape index (κ1) is 11.8. The van der Waals surface area contributed by atoms with Gasteiger partial charge in [0, 0.05) is 5.69 Å². The Bertz CT molecular complexity index is 595. The van der Waals surface area contributed by atoms with Gasteiger partial charge in [-0.1, -0.05) is 48.5 Å². The van der Waals surface area contributed by atoms with Crippen LogP contribution in [-0.2, 0) is 11.2 Å². The smallest absolute Gasteiger partial charge is 0.323 e. The van der Waals surface area contributed by atoms with Crippen LogP contribution in [0.3, 0.4) is 0 Å². The number of benzene rings is 2. The number of carbonyl (C=O) groups is 1. The maximum atomic E-state index is 11.1. The second-order valence-electron chi connectivity index (χ2n) is 4.78. The summed E-state index contributed by atoms with van der Waals surface area (Å²) in [4.78, 5) is 13.1. The molecule has 0 aromatic heterocycles. The fourth-order valence-corrected chi connectivity index (χ4v) is 2.76. The number of nitrogens with zero attached hydrogens (tertiary/aromatic N) is 1. The predicted octanol–water partition coefficient (Wildman–Crippen LogP) is 2.88. The number of para-hydroxylation sites is 1. The van der Waals surface area contributed by atoms with Gasteiger partial charge in [-0.2, -0.15) is 0 Å². The molecule has 0 spiro atoms. The summed E-state index contributed by atoms with van der Waals surface area (Å²) in [5.41, 5.74) is 3.43. The lowest BCUT2D eigenvalue weighted by molar-refractivity contribution is -0.135. The highest BCUT2D eigenvalue weighted by molar-refractivity contribution is 5.76. The van der Waals surface area contributed by atoms with Gasteiger partial charge in [0.15, 0.2) is 0 Å². The molecule has 0 saturated heterocycles. The lowest BCUT2D eigenvalue weighted by atomic mass is 10.0. The van der Waals surface area contributed by atoms with Crippen LogP contribution >= 0.6 is 0 Å². The van der Waals surface area contributed by atoms with Gasteiger partial charge >= 0.3 is 5.97 Å². The average Bonchev–Trinajstić information content (AvgIpc) is 2.78. The Kier molecular flexibility index (Phi) is 2.95. The molecule has 0 fully saturated rings. The molecule has 1 atom stereocenters. The molecule has 96 valence electrons. The Morgan fingerprint density at radius 2 is 1.79 bits per heavy atom. The van der Waals surface area contributed by atoms with E-state index in [1.54, 1.807) is 0 Å². The molecule has 1 aliphatic rings. The first-order valence-corrected chi connectivity index (χ1v) is 6.37. The van der Waals surface area contributed by atoms with E-state index in [4.69, 9.17) is 5.11 Å². The highest BCUT2D eigenvalue weighted by Gasteiger charge is 2.31. The molecule has 3 nitrogen and oxygen atoms in total. The molecule has 0 unspecified atom stereocenters. The molecule has 0 radical (unpaired) electrons. The lowest BCUT2D eigenvalue weighted by Gasteiger charge is -2.26. The SMILES string of the molecule is O=C(O)CN1c2ccccc2C[C@@H]1c1ccccc1. The van der Waals surface area contributed by atoms with E-state index >= 15 is 0 Å². The number of rotatable bonds is 3. The second-order valence-corrected chi connectivity index (χ2v) is 4.78. The Morgan fingerprint density at radius 1 is 1.11 bits per heavy atom. The van der Waals surface area contributed by atoms with Crippen molar-refractivity contribution < 1.29 is 9.90 Å². The Hall–Kier alpha value is -2.29. The summed E-state index contributed by atoms with van der Waals surface area (Å²) in [7, 11) is 0. The van der Waals surface area contributed by atoms with Gasteiger partial charge in [-0.05, 0) is 23.6 Å². The largest absolute Gasteiger partial charge is 0.480 e. The molecule has 0 bridgehead atoms. The van der Waals surface area contributed by atoms with Crippen LogP contribution in [-0.4, -0.2) is 17.6 Å². The molecule has 3 heteroatoms. The maximum absolute atomic E-state index is 11.1. The van der Waals surface area contributed by atoms with Crippen molar-refractivity contribution in [3.63, 3.8) is 0 Å². The summed E-state index contributed by atoms with van der Waals surface area (Å²) in [6.07, 6.45) is 0.869. The molecule has 1 N–H and O–H groups in total. The Labute approximate surface area is 112 Å². The molecule has 0 aliphatic carbocycles. The zero-order valence-electron chi connectivity index (χ0n) is 10.5. The van der Waals surface area contributed by atoms with Crippen molar-refractivity contribution in [1.29, 1.82) is 0 Å². The van der Waals surface area contributed by atoms with E-state index in [1.807, 2.05) is 41.3 Å². The van der Waals surface area contributed by atoms with Gasteiger partial charge in [0.1, 0.15) is 6.54 Å². The van der Waals surface area contributed by atoms with Crippen LogP contribution in [0.25, 0.3) is 0 Å².